The zero-order valence-electron chi connectivity index (χ0n) is 9.74. The highest BCUT2D eigenvalue weighted by Crippen LogP contribution is 2.11. The lowest BCUT2D eigenvalue weighted by Crippen LogP contribution is -2.18. The van der Waals surface area contributed by atoms with E-state index >= 15 is 0 Å². The van der Waals surface area contributed by atoms with E-state index in [1.807, 2.05) is 12.1 Å². The molecule has 0 unspecified atom stereocenters. The van der Waals surface area contributed by atoms with Crippen LogP contribution in [0.2, 0.25) is 5.15 Å². The van der Waals surface area contributed by atoms with Crippen LogP contribution in [-0.4, -0.2) is 23.1 Å². The molecule has 0 bridgehead atoms. The van der Waals surface area contributed by atoms with E-state index in [1.165, 1.54) is 4.40 Å². The molecule has 0 amide bonds. The first-order valence-electron chi connectivity index (χ1n) is 5.30. The number of fused-ring (bicyclic) bond motifs is 1. The van der Waals surface area contributed by atoms with Crippen molar-refractivity contribution >= 4 is 17.2 Å². The maximum atomic E-state index is 11.9. The summed E-state index contributed by atoms with van der Waals surface area (Å²) in [6.45, 7) is 2.31. The summed E-state index contributed by atoms with van der Waals surface area (Å²) in [6, 6.07) is 3.74. The number of halogens is 1. The summed E-state index contributed by atoms with van der Waals surface area (Å²) in [5, 5.41) is 0.263. The van der Waals surface area contributed by atoms with Crippen molar-refractivity contribution in [3.05, 3.63) is 45.0 Å². The van der Waals surface area contributed by atoms with Gasteiger partial charge in [0.1, 0.15) is 10.8 Å². The summed E-state index contributed by atoms with van der Waals surface area (Å²) in [7, 11) is 1.66. The average molecular weight is 253 g/mol. The largest absolute Gasteiger partial charge is 0.384 e. The fourth-order valence-corrected chi connectivity index (χ4v) is 1.78. The Labute approximate surface area is 104 Å². The molecule has 0 fully saturated rings. The maximum absolute atomic E-state index is 11.9. The van der Waals surface area contributed by atoms with E-state index in [9.17, 15) is 4.79 Å². The Morgan fingerprint density at radius 3 is 3.00 bits per heavy atom. The van der Waals surface area contributed by atoms with Crippen molar-refractivity contribution < 1.29 is 4.74 Å². The number of ether oxygens (including phenoxy) is 1. The summed E-state index contributed by atoms with van der Waals surface area (Å²) in [5.41, 5.74) is 1.98. The number of pyridine rings is 1. The van der Waals surface area contributed by atoms with E-state index in [0.717, 1.165) is 12.0 Å². The lowest BCUT2D eigenvalue weighted by molar-refractivity contribution is 0.202. The van der Waals surface area contributed by atoms with E-state index in [2.05, 4.69) is 4.98 Å². The lowest BCUT2D eigenvalue weighted by atomic mass is 10.2. The van der Waals surface area contributed by atoms with Gasteiger partial charge in [0, 0.05) is 13.3 Å². The van der Waals surface area contributed by atoms with Crippen molar-refractivity contribution in [2.45, 2.75) is 13.3 Å². The van der Waals surface area contributed by atoms with E-state index in [-0.39, 0.29) is 10.7 Å². The molecule has 0 atom stereocenters. The Balaban J connectivity index is 2.55. The third-order valence-corrected chi connectivity index (χ3v) is 3.02. The molecule has 90 valence electrons. The quantitative estimate of drug-likeness (QED) is 0.783. The van der Waals surface area contributed by atoms with Gasteiger partial charge < -0.3 is 4.74 Å². The summed E-state index contributed by atoms with van der Waals surface area (Å²) in [4.78, 5) is 16.1. The van der Waals surface area contributed by atoms with Crippen LogP contribution < -0.4 is 5.56 Å². The maximum Gasteiger partial charge on any atom is 0.262 e. The van der Waals surface area contributed by atoms with Gasteiger partial charge in [0.25, 0.3) is 5.56 Å². The topological polar surface area (TPSA) is 43.6 Å². The van der Waals surface area contributed by atoms with Gasteiger partial charge in [0.15, 0.2) is 0 Å². The first-order chi connectivity index (χ1) is 8.13. The molecule has 17 heavy (non-hydrogen) atoms. The van der Waals surface area contributed by atoms with Crippen LogP contribution in [0.3, 0.4) is 0 Å². The number of nitrogens with zero attached hydrogens (tertiary/aromatic N) is 2. The minimum absolute atomic E-state index is 0.127. The molecule has 0 saturated heterocycles. The normalized spacial score (nSPS) is 11.0. The predicted octanol–water partition coefficient (Wildman–Crippen LogP) is 1.85. The highest BCUT2D eigenvalue weighted by atomic mass is 35.5. The minimum atomic E-state index is -0.127. The molecule has 5 heteroatoms. The molecular weight excluding hydrogens is 240 g/mol. The summed E-state index contributed by atoms with van der Waals surface area (Å²) in [5.74, 6) is 0. The van der Waals surface area contributed by atoms with Crippen LogP contribution in [0.15, 0.2) is 23.1 Å². The summed E-state index contributed by atoms with van der Waals surface area (Å²) in [6.07, 6.45) is 2.51. The fraction of sp³-hybridized carbons (Fsp3) is 0.333. The first kappa shape index (κ1) is 12.1. The van der Waals surface area contributed by atoms with Crippen molar-refractivity contribution in [3.63, 3.8) is 0 Å². The van der Waals surface area contributed by atoms with Crippen LogP contribution in [0.5, 0.6) is 0 Å². The van der Waals surface area contributed by atoms with Gasteiger partial charge in [-0.2, -0.15) is 0 Å². The van der Waals surface area contributed by atoms with E-state index in [0.29, 0.717) is 17.8 Å². The third kappa shape index (κ3) is 2.33. The lowest BCUT2D eigenvalue weighted by Gasteiger charge is -2.06. The van der Waals surface area contributed by atoms with E-state index in [4.69, 9.17) is 16.3 Å². The molecule has 0 radical (unpaired) electrons. The second-order valence-electron chi connectivity index (χ2n) is 3.84. The molecule has 0 saturated carbocycles. The molecule has 0 aromatic carbocycles. The molecule has 2 heterocycles. The van der Waals surface area contributed by atoms with Crippen LogP contribution in [-0.2, 0) is 11.2 Å². The predicted molar refractivity (Wildman–Crippen MR) is 66.8 cm³/mol. The Morgan fingerprint density at radius 1 is 1.53 bits per heavy atom. The van der Waals surface area contributed by atoms with Crippen LogP contribution >= 0.6 is 11.6 Å². The van der Waals surface area contributed by atoms with Gasteiger partial charge in [-0.15, -0.1) is 0 Å². The van der Waals surface area contributed by atoms with Gasteiger partial charge in [0.05, 0.1) is 12.2 Å². The standard InChI is InChI=1S/C12H13ClN2O2/c1-8-11(13)14-10-7-9(4-6-17-2)3-5-15(10)12(8)16/h3,5,7H,4,6H2,1-2H3. The highest BCUT2D eigenvalue weighted by molar-refractivity contribution is 6.30. The Bertz CT molecular complexity index is 607. The first-order valence-corrected chi connectivity index (χ1v) is 5.67. The molecule has 4 nitrogen and oxygen atoms in total. The van der Waals surface area contributed by atoms with E-state index in [1.54, 1.807) is 20.2 Å². The van der Waals surface area contributed by atoms with Gasteiger partial charge in [0.2, 0.25) is 0 Å². The molecule has 0 aliphatic carbocycles. The van der Waals surface area contributed by atoms with Crippen LogP contribution in [0.4, 0.5) is 0 Å². The van der Waals surface area contributed by atoms with Crippen molar-refractivity contribution in [1.82, 2.24) is 9.38 Å². The molecule has 0 aliphatic rings. The van der Waals surface area contributed by atoms with Crippen molar-refractivity contribution in [1.29, 1.82) is 0 Å². The second-order valence-corrected chi connectivity index (χ2v) is 4.20. The molecule has 2 aromatic rings. The van der Waals surface area contributed by atoms with Gasteiger partial charge in [-0.3, -0.25) is 9.20 Å². The van der Waals surface area contributed by atoms with Gasteiger partial charge in [-0.25, -0.2) is 4.98 Å². The van der Waals surface area contributed by atoms with Gasteiger partial charge >= 0.3 is 0 Å². The van der Waals surface area contributed by atoms with Crippen LogP contribution in [0.25, 0.3) is 5.65 Å². The summed E-state index contributed by atoms with van der Waals surface area (Å²) >= 11 is 5.90. The molecular formula is C12H13ClN2O2. The van der Waals surface area contributed by atoms with Crippen molar-refractivity contribution in [2.75, 3.05) is 13.7 Å². The monoisotopic (exact) mass is 252 g/mol. The highest BCUT2D eigenvalue weighted by Gasteiger charge is 2.06. The number of hydrogen-bond acceptors (Lipinski definition) is 3. The number of methoxy groups -OCH3 is 1. The molecule has 2 rings (SSSR count). The van der Waals surface area contributed by atoms with Gasteiger partial charge in [-0.1, -0.05) is 11.6 Å². The zero-order valence-corrected chi connectivity index (χ0v) is 10.5. The number of hydrogen-bond donors (Lipinski definition) is 0. The second kappa shape index (κ2) is 4.85. The van der Waals surface area contributed by atoms with Crippen LogP contribution in [0.1, 0.15) is 11.1 Å². The molecule has 2 aromatic heterocycles. The Kier molecular flexibility index (Phi) is 3.45. The Morgan fingerprint density at radius 2 is 2.29 bits per heavy atom. The number of rotatable bonds is 3. The number of aromatic nitrogens is 2. The smallest absolute Gasteiger partial charge is 0.262 e. The molecule has 0 aliphatic heterocycles. The third-order valence-electron chi connectivity index (χ3n) is 2.66. The minimum Gasteiger partial charge on any atom is -0.384 e. The van der Waals surface area contributed by atoms with E-state index < -0.39 is 0 Å². The van der Waals surface area contributed by atoms with Crippen molar-refractivity contribution in [2.24, 2.45) is 0 Å². The molecule has 0 spiro atoms. The van der Waals surface area contributed by atoms with Crippen LogP contribution in [0, 0.1) is 6.92 Å². The Hall–Kier alpha value is -1.39. The summed E-state index contributed by atoms with van der Waals surface area (Å²) < 4.78 is 6.51. The SMILES string of the molecule is COCCc1ccn2c(=O)c(C)c(Cl)nc2c1. The zero-order chi connectivity index (χ0) is 12.4. The van der Waals surface area contributed by atoms with Gasteiger partial charge in [-0.05, 0) is 31.0 Å². The molecule has 0 N–H and O–H groups in total. The fourth-order valence-electron chi connectivity index (χ4n) is 1.62. The van der Waals surface area contributed by atoms with Crippen molar-refractivity contribution in [3.8, 4) is 0 Å². The average Bonchev–Trinajstić information content (AvgIpc) is 2.33.